The number of carbonyl (C=O) groups excluding carboxylic acids is 1. The van der Waals surface area contributed by atoms with Gasteiger partial charge in [0.15, 0.2) is 0 Å². The summed E-state index contributed by atoms with van der Waals surface area (Å²) in [7, 11) is 0. The number of carbonyl (C=O) groups is 1. The van der Waals surface area contributed by atoms with Gasteiger partial charge < -0.3 is 14.5 Å². The highest BCUT2D eigenvalue weighted by Gasteiger charge is 2.27. The van der Waals surface area contributed by atoms with Gasteiger partial charge >= 0.3 is 6.03 Å². The number of urea groups is 1. The number of rotatable bonds is 1. The molecule has 2 amide bonds. The Morgan fingerprint density at radius 3 is 2.67 bits per heavy atom. The first-order valence-electron chi connectivity index (χ1n) is 5.96. The Balaban J connectivity index is 1.88. The van der Waals surface area contributed by atoms with Crippen molar-refractivity contribution in [2.24, 2.45) is 0 Å². The maximum atomic E-state index is 12.1. The Morgan fingerprint density at radius 1 is 1.27 bits per heavy atom. The minimum Gasteiger partial charge on any atom is -0.375 e. The second kappa shape index (κ2) is 4.84. The quantitative estimate of drug-likeness (QED) is 0.656. The fraction of sp³-hybridized carbons (Fsp3) is 0.909. The molecular formula is C11H20N2O2. The largest absolute Gasteiger partial charge is 0.375 e. The van der Waals surface area contributed by atoms with E-state index in [9.17, 15) is 4.79 Å². The lowest BCUT2D eigenvalue weighted by Crippen LogP contribution is -2.50. The maximum absolute atomic E-state index is 12.1. The molecule has 0 aromatic carbocycles. The second-order valence-electron chi connectivity index (χ2n) is 4.32. The molecule has 86 valence electrons. The fourth-order valence-electron chi connectivity index (χ4n) is 2.25. The molecule has 0 N–H and O–H groups in total. The highest BCUT2D eigenvalue weighted by molar-refractivity contribution is 5.74. The fourth-order valence-corrected chi connectivity index (χ4v) is 2.25. The smallest absolute Gasteiger partial charge is 0.320 e. The van der Waals surface area contributed by atoms with E-state index in [1.807, 2.05) is 9.80 Å². The summed E-state index contributed by atoms with van der Waals surface area (Å²) >= 11 is 0. The van der Waals surface area contributed by atoms with Crippen LogP contribution in [0.4, 0.5) is 4.79 Å². The lowest BCUT2D eigenvalue weighted by atomic mass is 10.2. The highest BCUT2D eigenvalue weighted by atomic mass is 16.5. The van der Waals surface area contributed by atoms with Gasteiger partial charge in [0.25, 0.3) is 0 Å². The summed E-state index contributed by atoms with van der Waals surface area (Å²) in [6.45, 7) is 6.20. The predicted molar refractivity (Wildman–Crippen MR) is 57.8 cm³/mol. The van der Waals surface area contributed by atoms with E-state index >= 15 is 0 Å². The zero-order valence-electron chi connectivity index (χ0n) is 9.45. The van der Waals surface area contributed by atoms with Crippen LogP contribution in [0.15, 0.2) is 0 Å². The molecule has 1 atom stereocenters. The molecule has 2 aliphatic rings. The van der Waals surface area contributed by atoms with Crippen LogP contribution in [-0.4, -0.2) is 54.7 Å². The standard InChI is InChI=1S/C11H20N2O2/c1-2-10-9-13(7-8-15-10)11(14)12-5-3-4-6-12/h10H,2-9H2,1H3. The number of hydrogen-bond donors (Lipinski definition) is 0. The van der Waals surface area contributed by atoms with Crippen molar-refractivity contribution in [3.63, 3.8) is 0 Å². The molecule has 0 bridgehead atoms. The van der Waals surface area contributed by atoms with E-state index in [0.717, 1.165) is 45.4 Å². The number of amides is 2. The molecule has 15 heavy (non-hydrogen) atoms. The first-order chi connectivity index (χ1) is 7.31. The van der Waals surface area contributed by atoms with E-state index < -0.39 is 0 Å². The summed E-state index contributed by atoms with van der Waals surface area (Å²) in [5.74, 6) is 0. The normalized spacial score (nSPS) is 27.1. The van der Waals surface area contributed by atoms with Gasteiger partial charge in [-0.3, -0.25) is 0 Å². The third-order valence-corrected chi connectivity index (χ3v) is 3.24. The van der Waals surface area contributed by atoms with E-state index in [1.54, 1.807) is 0 Å². The van der Waals surface area contributed by atoms with E-state index in [0.29, 0.717) is 6.61 Å². The van der Waals surface area contributed by atoms with Crippen LogP contribution in [0.25, 0.3) is 0 Å². The van der Waals surface area contributed by atoms with Crippen molar-refractivity contribution in [2.45, 2.75) is 32.3 Å². The van der Waals surface area contributed by atoms with E-state index in [2.05, 4.69) is 6.92 Å². The van der Waals surface area contributed by atoms with Gasteiger partial charge in [-0.15, -0.1) is 0 Å². The van der Waals surface area contributed by atoms with Gasteiger partial charge in [-0.05, 0) is 19.3 Å². The predicted octanol–water partition coefficient (Wildman–Crippen LogP) is 1.31. The van der Waals surface area contributed by atoms with Crippen LogP contribution in [0.3, 0.4) is 0 Å². The molecule has 0 aromatic rings. The summed E-state index contributed by atoms with van der Waals surface area (Å²) < 4.78 is 5.56. The third kappa shape index (κ3) is 2.43. The van der Waals surface area contributed by atoms with E-state index in [1.165, 1.54) is 0 Å². The first-order valence-corrected chi connectivity index (χ1v) is 5.96. The molecule has 2 aliphatic heterocycles. The van der Waals surface area contributed by atoms with Gasteiger partial charge in [0.2, 0.25) is 0 Å². The molecule has 1 unspecified atom stereocenters. The number of ether oxygens (including phenoxy) is 1. The number of nitrogens with zero attached hydrogens (tertiary/aromatic N) is 2. The molecule has 4 nitrogen and oxygen atoms in total. The molecule has 0 saturated carbocycles. The topological polar surface area (TPSA) is 32.8 Å². The van der Waals surface area contributed by atoms with E-state index in [4.69, 9.17) is 4.74 Å². The van der Waals surface area contributed by atoms with Crippen LogP contribution in [0.1, 0.15) is 26.2 Å². The van der Waals surface area contributed by atoms with Crippen LogP contribution in [-0.2, 0) is 4.74 Å². The molecule has 2 fully saturated rings. The summed E-state index contributed by atoms with van der Waals surface area (Å²) in [6.07, 6.45) is 3.55. The molecule has 2 saturated heterocycles. The molecule has 0 aromatic heterocycles. The minimum atomic E-state index is 0.217. The average Bonchev–Trinajstić information content (AvgIpc) is 2.81. The van der Waals surface area contributed by atoms with Crippen molar-refractivity contribution in [3.05, 3.63) is 0 Å². The van der Waals surface area contributed by atoms with Gasteiger partial charge in [-0.2, -0.15) is 0 Å². The molecule has 0 spiro atoms. The molecular weight excluding hydrogens is 192 g/mol. The van der Waals surface area contributed by atoms with Gasteiger partial charge in [0, 0.05) is 26.2 Å². The zero-order chi connectivity index (χ0) is 10.7. The summed E-state index contributed by atoms with van der Waals surface area (Å²) in [5, 5.41) is 0. The van der Waals surface area contributed by atoms with Crippen molar-refractivity contribution >= 4 is 6.03 Å². The van der Waals surface area contributed by atoms with Crippen LogP contribution in [0.5, 0.6) is 0 Å². The van der Waals surface area contributed by atoms with Crippen molar-refractivity contribution in [1.29, 1.82) is 0 Å². The van der Waals surface area contributed by atoms with Crippen molar-refractivity contribution < 1.29 is 9.53 Å². The Hall–Kier alpha value is -0.770. The second-order valence-corrected chi connectivity index (χ2v) is 4.32. The van der Waals surface area contributed by atoms with Gasteiger partial charge in [0.1, 0.15) is 0 Å². The summed E-state index contributed by atoms with van der Waals surface area (Å²) in [4.78, 5) is 16.0. The zero-order valence-corrected chi connectivity index (χ0v) is 9.45. The van der Waals surface area contributed by atoms with Crippen LogP contribution >= 0.6 is 0 Å². The molecule has 4 heteroatoms. The monoisotopic (exact) mass is 212 g/mol. The lowest BCUT2D eigenvalue weighted by Gasteiger charge is -2.34. The molecule has 0 radical (unpaired) electrons. The minimum absolute atomic E-state index is 0.217. The molecule has 0 aliphatic carbocycles. The van der Waals surface area contributed by atoms with Gasteiger partial charge in [-0.25, -0.2) is 4.79 Å². The number of hydrogen-bond acceptors (Lipinski definition) is 2. The SMILES string of the molecule is CCC1CN(C(=O)N2CCCC2)CCO1. The van der Waals surface area contributed by atoms with Crippen LogP contribution in [0, 0.1) is 0 Å². The average molecular weight is 212 g/mol. The molecule has 2 rings (SSSR count). The van der Waals surface area contributed by atoms with Gasteiger partial charge in [0.05, 0.1) is 12.7 Å². The first kappa shape index (κ1) is 10.7. The summed E-state index contributed by atoms with van der Waals surface area (Å²) in [6, 6.07) is 0.217. The Labute approximate surface area is 91.2 Å². The van der Waals surface area contributed by atoms with Gasteiger partial charge in [-0.1, -0.05) is 6.92 Å². The van der Waals surface area contributed by atoms with Crippen LogP contribution in [0.2, 0.25) is 0 Å². The number of likely N-dealkylation sites (tertiary alicyclic amines) is 1. The lowest BCUT2D eigenvalue weighted by molar-refractivity contribution is -0.0195. The third-order valence-electron chi connectivity index (χ3n) is 3.24. The maximum Gasteiger partial charge on any atom is 0.320 e. The molecule has 2 heterocycles. The number of morpholine rings is 1. The van der Waals surface area contributed by atoms with Crippen LogP contribution < -0.4 is 0 Å². The van der Waals surface area contributed by atoms with Crippen molar-refractivity contribution in [3.8, 4) is 0 Å². The Morgan fingerprint density at radius 2 is 2.00 bits per heavy atom. The van der Waals surface area contributed by atoms with E-state index in [-0.39, 0.29) is 12.1 Å². The highest BCUT2D eigenvalue weighted by Crippen LogP contribution is 2.14. The Kier molecular flexibility index (Phi) is 3.46. The van der Waals surface area contributed by atoms with Crippen molar-refractivity contribution in [1.82, 2.24) is 9.80 Å². The van der Waals surface area contributed by atoms with Crippen molar-refractivity contribution in [2.75, 3.05) is 32.8 Å². The summed E-state index contributed by atoms with van der Waals surface area (Å²) in [5.41, 5.74) is 0. The Bertz CT molecular complexity index is 227.